The van der Waals surface area contributed by atoms with Gasteiger partial charge in [-0.3, -0.25) is 4.90 Å². The first kappa shape index (κ1) is 14.7. The van der Waals surface area contributed by atoms with E-state index in [1.165, 1.54) is 39.5 Å². The first-order valence-corrected chi connectivity index (χ1v) is 7.95. The zero-order chi connectivity index (χ0) is 14.8. The van der Waals surface area contributed by atoms with Crippen LogP contribution >= 0.6 is 11.6 Å². The molecule has 0 aromatic heterocycles. The molecule has 2 heterocycles. The molecule has 0 radical (unpaired) electrons. The molecule has 3 rings (SSSR count). The number of fused-ring (bicyclic) bond motifs is 1. The van der Waals surface area contributed by atoms with Crippen LogP contribution in [0.25, 0.3) is 0 Å². The Labute approximate surface area is 130 Å². The summed E-state index contributed by atoms with van der Waals surface area (Å²) in [5, 5.41) is 4.01. The highest BCUT2D eigenvalue weighted by Crippen LogP contribution is 2.30. The molecule has 0 bridgehead atoms. The Morgan fingerprint density at radius 3 is 3.00 bits per heavy atom. The third-order valence-corrected chi connectivity index (χ3v) is 4.91. The van der Waals surface area contributed by atoms with Gasteiger partial charge in [0.2, 0.25) is 0 Å². The number of hydrogen-bond donors (Lipinski definition) is 1. The molecule has 2 aliphatic heterocycles. The molecule has 2 saturated heterocycles. The van der Waals surface area contributed by atoms with E-state index in [1.54, 1.807) is 12.1 Å². The summed E-state index contributed by atoms with van der Waals surface area (Å²) in [6.07, 6.45) is 5.04. The second-order valence-corrected chi connectivity index (χ2v) is 6.23. The molecule has 0 amide bonds. The van der Waals surface area contributed by atoms with Gasteiger partial charge < -0.3 is 10.1 Å². The van der Waals surface area contributed by atoms with Gasteiger partial charge >= 0.3 is 5.97 Å². The molecule has 4 nitrogen and oxygen atoms in total. The minimum Gasteiger partial charge on any atom is -0.465 e. The number of anilines is 1. The number of nitrogens with one attached hydrogen (secondary N) is 1. The number of hydrogen-bond acceptors (Lipinski definition) is 4. The van der Waals surface area contributed by atoms with Crippen molar-refractivity contribution in [1.29, 1.82) is 0 Å². The topological polar surface area (TPSA) is 41.6 Å². The van der Waals surface area contributed by atoms with E-state index in [-0.39, 0.29) is 0 Å². The molecule has 0 aliphatic carbocycles. The summed E-state index contributed by atoms with van der Waals surface area (Å²) < 4.78 is 4.77. The lowest BCUT2D eigenvalue weighted by atomic mass is 9.99. The first-order chi connectivity index (χ1) is 10.2. The highest BCUT2D eigenvalue weighted by Gasteiger charge is 2.35. The molecule has 114 valence electrons. The average Bonchev–Trinajstić information content (AvgIpc) is 2.92. The predicted octanol–water partition coefficient (Wildman–Crippen LogP) is 3.17. The van der Waals surface area contributed by atoms with Crippen LogP contribution in [-0.4, -0.2) is 43.2 Å². The second kappa shape index (κ2) is 6.24. The highest BCUT2D eigenvalue weighted by molar-refractivity contribution is 6.33. The summed E-state index contributed by atoms with van der Waals surface area (Å²) in [7, 11) is 1.37. The zero-order valence-corrected chi connectivity index (χ0v) is 13.0. The minimum absolute atomic E-state index is 0.394. The van der Waals surface area contributed by atoms with Crippen LogP contribution in [0, 0.1) is 0 Å². The summed E-state index contributed by atoms with van der Waals surface area (Å²) in [5.41, 5.74) is 1.36. The van der Waals surface area contributed by atoms with Crippen molar-refractivity contribution < 1.29 is 9.53 Å². The van der Waals surface area contributed by atoms with Gasteiger partial charge in [0, 0.05) is 24.3 Å². The van der Waals surface area contributed by atoms with E-state index in [1.807, 2.05) is 6.07 Å². The Balaban J connectivity index is 1.74. The van der Waals surface area contributed by atoms with E-state index in [4.69, 9.17) is 16.3 Å². The molecule has 2 fully saturated rings. The molecule has 0 saturated carbocycles. The van der Waals surface area contributed by atoms with Crippen molar-refractivity contribution in [3.8, 4) is 0 Å². The number of esters is 1. The van der Waals surface area contributed by atoms with Crippen molar-refractivity contribution in [3.63, 3.8) is 0 Å². The van der Waals surface area contributed by atoms with Gasteiger partial charge in [0.1, 0.15) is 0 Å². The molecule has 5 heteroatoms. The monoisotopic (exact) mass is 308 g/mol. The van der Waals surface area contributed by atoms with Crippen molar-refractivity contribution in [2.45, 2.75) is 37.8 Å². The maximum absolute atomic E-state index is 11.7. The Hall–Kier alpha value is -1.26. The number of ether oxygens (including phenoxy) is 1. The third kappa shape index (κ3) is 3.01. The normalized spacial score (nSPS) is 25.4. The van der Waals surface area contributed by atoms with Gasteiger partial charge in [0.05, 0.1) is 17.7 Å². The number of methoxy groups -OCH3 is 1. The summed E-state index contributed by atoms with van der Waals surface area (Å²) in [4.78, 5) is 14.3. The van der Waals surface area contributed by atoms with Gasteiger partial charge in [0.25, 0.3) is 0 Å². The van der Waals surface area contributed by atoms with Gasteiger partial charge in [-0.15, -0.1) is 0 Å². The van der Waals surface area contributed by atoms with Crippen LogP contribution in [0.2, 0.25) is 5.02 Å². The molecule has 2 atom stereocenters. The molecule has 1 N–H and O–H groups in total. The van der Waals surface area contributed by atoms with Gasteiger partial charge in [-0.05, 0) is 44.0 Å². The number of nitrogens with zero attached hydrogens (tertiary/aromatic N) is 1. The van der Waals surface area contributed by atoms with E-state index in [0.29, 0.717) is 22.7 Å². The lowest BCUT2D eigenvalue weighted by Crippen LogP contribution is -2.41. The number of piperidine rings is 1. The minimum atomic E-state index is -0.394. The standard InChI is InChI=1S/C16H21ClN2O2/c1-21-16(20)12-10-11(5-6-13(12)17)18-14-7-9-19-8-3-2-4-15(14)19/h5-6,10,14-15,18H,2-4,7-9H2,1H3. The molecule has 1 aromatic rings. The summed E-state index contributed by atoms with van der Waals surface area (Å²) in [6.45, 7) is 2.39. The Kier molecular flexibility index (Phi) is 4.36. The van der Waals surface area contributed by atoms with Crippen LogP contribution in [-0.2, 0) is 4.74 Å². The number of benzene rings is 1. The number of halogens is 1. The van der Waals surface area contributed by atoms with Crippen molar-refractivity contribution in [2.75, 3.05) is 25.5 Å². The van der Waals surface area contributed by atoms with Crippen molar-refractivity contribution in [3.05, 3.63) is 28.8 Å². The Morgan fingerprint density at radius 1 is 1.33 bits per heavy atom. The van der Waals surface area contributed by atoms with Crippen LogP contribution in [0.5, 0.6) is 0 Å². The van der Waals surface area contributed by atoms with Crippen LogP contribution in [0.15, 0.2) is 18.2 Å². The average molecular weight is 309 g/mol. The summed E-state index contributed by atoms with van der Waals surface area (Å²) >= 11 is 6.06. The number of carbonyl (C=O) groups excluding carboxylic acids is 1. The largest absolute Gasteiger partial charge is 0.465 e. The van der Waals surface area contributed by atoms with Crippen LogP contribution < -0.4 is 5.32 Å². The van der Waals surface area contributed by atoms with Crippen LogP contribution in [0.3, 0.4) is 0 Å². The molecule has 1 aromatic carbocycles. The number of carbonyl (C=O) groups is 1. The van der Waals surface area contributed by atoms with Crippen molar-refractivity contribution >= 4 is 23.3 Å². The van der Waals surface area contributed by atoms with Crippen molar-refractivity contribution in [2.24, 2.45) is 0 Å². The Morgan fingerprint density at radius 2 is 2.19 bits per heavy atom. The third-order valence-electron chi connectivity index (χ3n) is 4.58. The lowest BCUT2D eigenvalue weighted by molar-refractivity contribution is 0.0601. The summed E-state index contributed by atoms with van der Waals surface area (Å²) in [5.74, 6) is -0.394. The van der Waals surface area contributed by atoms with E-state index in [2.05, 4.69) is 10.2 Å². The van der Waals surface area contributed by atoms with E-state index < -0.39 is 5.97 Å². The Bertz CT molecular complexity index is 535. The van der Waals surface area contributed by atoms with Crippen LogP contribution in [0.1, 0.15) is 36.0 Å². The van der Waals surface area contributed by atoms with E-state index >= 15 is 0 Å². The maximum Gasteiger partial charge on any atom is 0.339 e. The molecule has 0 spiro atoms. The SMILES string of the molecule is COC(=O)c1cc(NC2CCN3CCCCC23)ccc1Cl. The van der Waals surface area contributed by atoms with E-state index in [9.17, 15) is 4.79 Å². The first-order valence-electron chi connectivity index (χ1n) is 7.57. The second-order valence-electron chi connectivity index (χ2n) is 5.82. The predicted molar refractivity (Wildman–Crippen MR) is 84.0 cm³/mol. The molecular formula is C16H21ClN2O2. The summed E-state index contributed by atoms with van der Waals surface area (Å²) in [6, 6.07) is 6.55. The van der Waals surface area contributed by atoms with Gasteiger partial charge in [0.15, 0.2) is 0 Å². The highest BCUT2D eigenvalue weighted by atomic mass is 35.5. The van der Waals surface area contributed by atoms with Gasteiger partial charge in [-0.1, -0.05) is 18.0 Å². The van der Waals surface area contributed by atoms with Gasteiger partial charge in [-0.25, -0.2) is 4.79 Å². The van der Waals surface area contributed by atoms with Crippen LogP contribution in [0.4, 0.5) is 5.69 Å². The number of rotatable bonds is 3. The smallest absolute Gasteiger partial charge is 0.339 e. The maximum atomic E-state index is 11.7. The van der Waals surface area contributed by atoms with Crippen molar-refractivity contribution in [1.82, 2.24) is 4.90 Å². The fourth-order valence-corrected chi connectivity index (χ4v) is 3.71. The molecule has 2 aliphatic rings. The zero-order valence-electron chi connectivity index (χ0n) is 12.3. The fraction of sp³-hybridized carbons (Fsp3) is 0.562. The fourth-order valence-electron chi connectivity index (χ4n) is 3.51. The molecule has 21 heavy (non-hydrogen) atoms. The molecular weight excluding hydrogens is 288 g/mol. The molecule has 2 unspecified atom stereocenters. The van der Waals surface area contributed by atoms with E-state index in [0.717, 1.165) is 12.1 Å². The van der Waals surface area contributed by atoms with Gasteiger partial charge in [-0.2, -0.15) is 0 Å². The quantitative estimate of drug-likeness (QED) is 0.871. The lowest BCUT2D eigenvalue weighted by Gasteiger charge is -2.33.